The van der Waals surface area contributed by atoms with Gasteiger partial charge in [0.05, 0.1) is 12.2 Å². The molecule has 5 atom stereocenters. The van der Waals surface area contributed by atoms with Crippen molar-refractivity contribution >= 4 is 10.1 Å². The zero-order valence-electron chi connectivity index (χ0n) is 16.4. The lowest BCUT2D eigenvalue weighted by Crippen LogP contribution is -2.55. The molecule has 5 nitrogen and oxygen atoms in total. The minimum Gasteiger partial charge on any atom is -0.336 e. The third kappa shape index (κ3) is 2.31. The second-order valence-electron chi connectivity index (χ2n) is 8.99. The Bertz CT molecular complexity index is 1180. The number of benzene rings is 2. The van der Waals surface area contributed by atoms with E-state index < -0.39 is 57.0 Å². The third-order valence-corrected chi connectivity index (χ3v) is 8.41. The zero-order valence-corrected chi connectivity index (χ0v) is 17.2. The van der Waals surface area contributed by atoms with Crippen LogP contribution in [0.3, 0.4) is 0 Å². The highest BCUT2D eigenvalue weighted by Gasteiger charge is 2.75. The molecule has 2 saturated carbocycles. The van der Waals surface area contributed by atoms with Gasteiger partial charge in [0.25, 0.3) is 0 Å². The second kappa shape index (κ2) is 6.11. The van der Waals surface area contributed by atoms with Crippen LogP contribution in [0.15, 0.2) is 48.5 Å². The predicted octanol–water partition coefficient (Wildman–Crippen LogP) is 4.42. The van der Waals surface area contributed by atoms with E-state index >= 15 is 0 Å². The van der Waals surface area contributed by atoms with Gasteiger partial charge in [-0.25, -0.2) is 0 Å². The molecule has 5 unspecified atom stereocenters. The number of hydrogen-bond acceptors (Lipinski definition) is 4. The Morgan fingerprint density at radius 1 is 0.875 bits per heavy atom. The van der Waals surface area contributed by atoms with Crippen LogP contribution in [-0.2, 0) is 25.4 Å². The molecule has 0 amide bonds. The van der Waals surface area contributed by atoms with Gasteiger partial charge in [0.2, 0.25) is 5.79 Å². The zero-order chi connectivity index (χ0) is 22.7. The summed E-state index contributed by atoms with van der Waals surface area (Å²) in [5.41, 5.74) is 3.22. The summed E-state index contributed by atoms with van der Waals surface area (Å²) in [4.78, 5) is 0. The highest BCUT2D eigenvalue weighted by Crippen LogP contribution is 2.65. The van der Waals surface area contributed by atoms with Crippen molar-refractivity contribution in [2.45, 2.75) is 42.0 Å². The van der Waals surface area contributed by atoms with Gasteiger partial charge in [-0.15, -0.1) is 0 Å². The van der Waals surface area contributed by atoms with Crippen molar-refractivity contribution < 1.29 is 40.0 Å². The number of halogens is 4. The first-order chi connectivity index (χ1) is 15.0. The number of hydrogen-bond donors (Lipinski definition) is 1. The van der Waals surface area contributed by atoms with Crippen LogP contribution in [0.4, 0.5) is 17.6 Å². The standard InChI is InChI=1S/C22H18F4O5S/c23-21(24,22(25,26)32(27,28)29)17-10-11-9-14(17)19-18(11)30-20(31-19)15-7-3-1-5-12(15)13-6-2-4-8-16(13)20/h1-8,11,14,17-19H,9-10H2,(H,27,28,29). The van der Waals surface area contributed by atoms with Crippen molar-refractivity contribution in [1.29, 1.82) is 0 Å². The molecular formula is C22H18F4O5S. The highest BCUT2D eigenvalue weighted by molar-refractivity contribution is 7.87. The van der Waals surface area contributed by atoms with Crippen molar-refractivity contribution in [3.63, 3.8) is 0 Å². The van der Waals surface area contributed by atoms with E-state index in [0.717, 1.165) is 22.3 Å². The molecule has 3 aliphatic carbocycles. The fourth-order valence-corrected chi connectivity index (χ4v) is 6.69. The van der Waals surface area contributed by atoms with Crippen LogP contribution < -0.4 is 0 Å². The molecule has 0 aromatic heterocycles. The molecule has 2 aromatic rings. The smallest absolute Gasteiger partial charge is 0.336 e. The number of rotatable bonds is 3. The lowest BCUT2D eigenvalue weighted by molar-refractivity contribution is -0.212. The Balaban J connectivity index is 1.40. The number of alkyl halides is 4. The first-order valence-corrected chi connectivity index (χ1v) is 11.7. The van der Waals surface area contributed by atoms with E-state index in [1.807, 2.05) is 48.5 Å². The van der Waals surface area contributed by atoms with Crippen LogP contribution in [0.2, 0.25) is 0 Å². The Kier molecular flexibility index (Phi) is 3.93. The first kappa shape index (κ1) is 20.6. The molecule has 1 spiro atoms. The molecule has 2 aromatic carbocycles. The monoisotopic (exact) mass is 470 g/mol. The Morgan fingerprint density at radius 2 is 1.41 bits per heavy atom. The van der Waals surface area contributed by atoms with Gasteiger partial charge >= 0.3 is 21.3 Å². The van der Waals surface area contributed by atoms with Crippen LogP contribution in [0.1, 0.15) is 24.0 Å². The summed E-state index contributed by atoms with van der Waals surface area (Å²) < 4.78 is 101. The van der Waals surface area contributed by atoms with E-state index in [1.54, 1.807) is 0 Å². The maximum Gasteiger partial charge on any atom is 0.431 e. The molecule has 4 aliphatic rings. The summed E-state index contributed by atoms with van der Waals surface area (Å²) in [5, 5.41) is -5.59. The van der Waals surface area contributed by atoms with Gasteiger partial charge < -0.3 is 9.47 Å². The summed E-state index contributed by atoms with van der Waals surface area (Å²) in [6.45, 7) is 0. The Morgan fingerprint density at radius 3 is 1.97 bits per heavy atom. The lowest BCUT2D eigenvalue weighted by atomic mass is 9.81. The minimum atomic E-state index is -6.29. The summed E-state index contributed by atoms with van der Waals surface area (Å²) in [7, 11) is -6.29. The lowest BCUT2D eigenvalue weighted by Gasteiger charge is -2.36. The average Bonchev–Trinajstić information content (AvgIpc) is 3.48. The predicted molar refractivity (Wildman–Crippen MR) is 104 cm³/mol. The second-order valence-corrected chi connectivity index (χ2v) is 10.5. The van der Waals surface area contributed by atoms with E-state index in [2.05, 4.69) is 0 Å². The van der Waals surface area contributed by atoms with Crippen molar-refractivity contribution in [3.8, 4) is 11.1 Å². The summed E-state index contributed by atoms with van der Waals surface area (Å²) in [6.07, 6.45) is -1.66. The van der Waals surface area contributed by atoms with Gasteiger partial charge in [-0.1, -0.05) is 48.5 Å². The summed E-state index contributed by atoms with van der Waals surface area (Å²) in [5.74, 6) is -9.76. The van der Waals surface area contributed by atoms with Crippen molar-refractivity contribution in [3.05, 3.63) is 59.7 Å². The van der Waals surface area contributed by atoms with Crippen LogP contribution in [0.25, 0.3) is 11.1 Å². The van der Waals surface area contributed by atoms with Crippen LogP contribution in [0.5, 0.6) is 0 Å². The SMILES string of the molecule is O=S(=O)(O)C(F)(F)C(F)(F)C1CC2CC1C1OC3(OC21)c1ccccc1-c1ccccc13. The molecule has 10 heteroatoms. The average molecular weight is 470 g/mol. The van der Waals surface area contributed by atoms with E-state index in [-0.39, 0.29) is 12.8 Å². The van der Waals surface area contributed by atoms with Gasteiger partial charge in [-0.3, -0.25) is 4.55 Å². The fourth-order valence-electron chi connectivity index (χ4n) is 6.20. The van der Waals surface area contributed by atoms with Gasteiger partial charge in [0.1, 0.15) is 0 Å². The van der Waals surface area contributed by atoms with Crippen molar-refractivity contribution in [2.75, 3.05) is 0 Å². The van der Waals surface area contributed by atoms with Crippen LogP contribution >= 0.6 is 0 Å². The molecular weight excluding hydrogens is 452 g/mol. The molecule has 6 rings (SSSR count). The highest BCUT2D eigenvalue weighted by atomic mass is 32.2. The molecule has 170 valence electrons. The quantitative estimate of drug-likeness (QED) is 0.531. The molecule has 1 heterocycles. The normalized spacial score (nSPS) is 32.2. The van der Waals surface area contributed by atoms with Crippen LogP contribution in [0, 0.1) is 17.8 Å². The molecule has 1 aliphatic heterocycles. The third-order valence-electron chi connectivity index (χ3n) is 7.49. The molecule has 3 fully saturated rings. The van der Waals surface area contributed by atoms with E-state index in [4.69, 9.17) is 14.0 Å². The topological polar surface area (TPSA) is 72.8 Å². The largest absolute Gasteiger partial charge is 0.431 e. The maximum atomic E-state index is 14.8. The van der Waals surface area contributed by atoms with Gasteiger partial charge in [0.15, 0.2) is 0 Å². The van der Waals surface area contributed by atoms with Crippen LogP contribution in [-0.4, -0.2) is 36.4 Å². The molecule has 1 N–H and O–H groups in total. The molecule has 2 bridgehead atoms. The molecule has 32 heavy (non-hydrogen) atoms. The summed E-state index contributed by atoms with van der Waals surface area (Å²) in [6, 6.07) is 14.8. The van der Waals surface area contributed by atoms with E-state index in [0.29, 0.717) is 0 Å². The minimum absolute atomic E-state index is 0.163. The number of fused-ring (bicyclic) bond motifs is 10. The van der Waals surface area contributed by atoms with E-state index in [1.165, 1.54) is 0 Å². The maximum absolute atomic E-state index is 14.8. The Labute approximate surface area is 181 Å². The summed E-state index contributed by atoms with van der Waals surface area (Å²) >= 11 is 0. The first-order valence-electron chi connectivity index (χ1n) is 10.3. The Hall–Kier alpha value is -2.01. The van der Waals surface area contributed by atoms with E-state index in [9.17, 15) is 26.0 Å². The van der Waals surface area contributed by atoms with Gasteiger partial charge in [-0.05, 0) is 35.8 Å². The molecule has 0 radical (unpaired) electrons. The fraction of sp³-hybridized carbons (Fsp3) is 0.455. The van der Waals surface area contributed by atoms with Crippen molar-refractivity contribution in [2.24, 2.45) is 17.8 Å². The van der Waals surface area contributed by atoms with Gasteiger partial charge in [-0.2, -0.15) is 26.0 Å². The van der Waals surface area contributed by atoms with Crippen molar-refractivity contribution in [1.82, 2.24) is 0 Å². The number of ether oxygens (including phenoxy) is 2. The molecule has 1 saturated heterocycles. The van der Waals surface area contributed by atoms with Gasteiger partial charge in [0, 0.05) is 17.0 Å².